The Labute approximate surface area is 118 Å². The van der Waals surface area contributed by atoms with Gasteiger partial charge in [-0.2, -0.15) is 0 Å². The summed E-state index contributed by atoms with van der Waals surface area (Å²) in [6, 6.07) is 0. The summed E-state index contributed by atoms with van der Waals surface area (Å²) in [5.74, 6) is -0.892. The number of rotatable bonds is 4. The van der Waals surface area contributed by atoms with Gasteiger partial charge in [0.15, 0.2) is 11.6 Å². The quantitative estimate of drug-likeness (QED) is 0.566. The molecule has 0 N–H and O–H groups in total. The van der Waals surface area contributed by atoms with Gasteiger partial charge in [-0.1, -0.05) is 19.8 Å². The molecule has 0 aromatic rings. The summed E-state index contributed by atoms with van der Waals surface area (Å²) < 4.78 is 18.9. The molecule has 4 bridgehead atoms. The Morgan fingerprint density at radius 2 is 1.37 bits per heavy atom. The molecule has 19 heavy (non-hydrogen) atoms. The fraction of sp³-hybridized carbons (Fsp3) is 1.00. The van der Waals surface area contributed by atoms with Gasteiger partial charge in [-0.25, -0.2) is 0 Å². The van der Waals surface area contributed by atoms with Gasteiger partial charge < -0.3 is 14.2 Å². The maximum Gasteiger partial charge on any atom is 0.173 e. The molecule has 4 fully saturated rings. The molecule has 0 amide bonds. The van der Waals surface area contributed by atoms with E-state index >= 15 is 0 Å². The third-order valence-electron chi connectivity index (χ3n) is 4.73. The van der Waals surface area contributed by atoms with Crippen LogP contribution >= 0.6 is 7.92 Å². The van der Waals surface area contributed by atoms with Gasteiger partial charge in [0.1, 0.15) is 0 Å². The SMILES string of the molecule is CCCCCP1[C@@]2(C)C[C@]3(C)O[C@@](C)(C[C@@]1(C)O3)O2. The zero-order valence-electron chi connectivity index (χ0n) is 12.9. The second-order valence-corrected chi connectivity index (χ2v) is 10.3. The highest BCUT2D eigenvalue weighted by atomic mass is 31.1. The highest BCUT2D eigenvalue weighted by molar-refractivity contribution is 7.60. The minimum atomic E-state index is -0.446. The van der Waals surface area contributed by atoms with Crippen molar-refractivity contribution in [2.45, 2.75) is 89.0 Å². The summed E-state index contributed by atoms with van der Waals surface area (Å²) in [5, 5.41) is -0.0633. The lowest BCUT2D eigenvalue weighted by atomic mass is 9.98. The van der Waals surface area contributed by atoms with E-state index in [1.54, 1.807) is 0 Å². The highest BCUT2D eigenvalue weighted by Crippen LogP contribution is 2.76. The van der Waals surface area contributed by atoms with E-state index in [9.17, 15) is 0 Å². The van der Waals surface area contributed by atoms with Crippen molar-refractivity contribution in [3.8, 4) is 0 Å². The molecule has 4 heterocycles. The Hall–Kier alpha value is 0.310. The molecule has 4 aliphatic heterocycles. The monoisotopic (exact) mass is 286 g/mol. The van der Waals surface area contributed by atoms with Gasteiger partial charge in [-0.05, 0) is 48.2 Å². The van der Waals surface area contributed by atoms with Gasteiger partial charge in [-0.3, -0.25) is 0 Å². The molecule has 3 nitrogen and oxygen atoms in total. The minimum Gasteiger partial charge on any atom is -0.339 e. The van der Waals surface area contributed by atoms with Crippen LogP contribution in [0.2, 0.25) is 0 Å². The molecule has 4 atom stereocenters. The Morgan fingerprint density at radius 1 is 0.842 bits per heavy atom. The highest BCUT2D eigenvalue weighted by Gasteiger charge is 2.70. The molecule has 0 spiro atoms. The van der Waals surface area contributed by atoms with Gasteiger partial charge in [0, 0.05) is 12.8 Å². The topological polar surface area (TPSA) is 27.7 Å². The number of ether oxygens (including phenoxy) is 3. The third kappa shape index (κ3) is 2.18. The molecule has 0 saturated carbocycles. The van der Waals surface area contributed by atoms with Crippen molar-refractivity contribution in [3.05, 3.63) is 0 Å². The van der Waals surface area contributed by atoms with Crippen molar-refractivity contribution in [2.75, 3.05) is 6.16 Å². The van der Waals surface area contributed by atoms with E-state index in [1.807, 2.05) is 0 Å². The molecule has 0 aromatic heterocycles. The number of hydrogen-bond acceptors (Lipinski definition) is 3. The predicted molar refractivity (Wildman–Crippen MR) is 77.4 cm³/mol. The fourth-order valence-electron chi connectivity index (χ4n) is 4.63. The van der Waals surface area contributed by atoms with Crippen molar-refractivity contribution in [1.29, 1.82) is 0 Å². The Bertz CT molecular complexity index is 340. The molecule has 0 unspecified atom stereocenters. The molecule has 0 aromatic carbocycles. The first-order valence-corrected chi connectivity index (χ1v) is 9.14. The van der Waals surface area contributed by atoms with Crippen molar-refractivity contribution in [2.24, 2.45) is 0 Å². The van der Waals surface area contributed by atoms with Crippen LogP contribution in [0.25, 0.3) is 0 Å². The van der Waals surface area contributed by atoms with Crippen LogP contribution in [-0.2, 0) is 14.2 Å². The molecule has 110 valence electrons. The summed E-state index contributed by atoms with van der Waals surface area (Å²) in [6.45, 7) is 11.0. The van der Waals surface area contributed by atoms with Crippen LogP contribution in [0.15, 0.2) is 0 Å². The average Bonchev–Trinajstić information content (AvgIpc) is 2.16. The summed E-state index contributed by atoms with van der Waals surface area (Å²) in [7, 11) is -0.270. The first-order chi connectivity index (χ1) is 8.73. The second kappa shape index (κ2) is 4.16. The zero-order valence-corrected chi connectivity index (χ0v) is 13.8. The first kappa shape index (κ1) is 14.3. The summed E-state index contributed by atoms with van der Waals surface area (Å²) in [5.41, 5.74) is 0. The van der Waals surface area contributed by atoms with Gasteiger partial charge in [0.25, 0.3) is 0 Å². The predicted octanol–water partition coefficient (Wildman–Crippen LogP) is 4.39. The van der Waals surface area contributed by atoms with E-state index in [-0.39, 0.29) is 18.6 Å². The maximum absolute atomic E-state index is 6.40. The van der Waals surface area contributed by atoms with Gasteiger partial charge in [0.2, 0.25) is 0 Å². The number of unbranched alkanes of at least 4 members (excludes halogenated alkanes) is 2. The molecule has 0 aliphatic carbocycles. The first-order valence-electron chi connectivity index (χ1n) is 7.61. The molecule has 4 heteroatoms. The van der Waals surface area contributed by atoms with Crippen LogP contribution in [0, 0.1) is 0 Å². The Morgan fingerprint density at radius 3 is 1.84 bits per heavy atom. The van der Waals surface area contributed by atoms with Gasteiger partial charge in [-0.15, -0.1) is 0 Å². The standard InChI is InChI=1S/C15H27O3P/c1-6-7-8-9-19-14(4)10-12(2)16-13(3,18-14)11-15(19,5)17-12/h6-11H2,1-5H3/t12-,13-,14+,15+/m1/s1. The summed E-state index contributed by atoms with van der Waals surface area (Å²) in [4.78, 5) is 0. The molecular weight excluding hydrogens is 259 g/mol. The van der Waals surface area contributed by atoms with Crippen LogP contribution < -0.4 is 0 Å². The molecular formula is C15H27O3P. The Kier molecular flexibility index (Phi) is 3.12. The van der Waals surface area contributed by atoms with Crippen molar-refractivity contribution in [1.82, 2.24) is 0 Å². The van der Waals surface area contributed by atoms with Crippen LogP contribution in [0.4, 0.5) is 0 Å². The Balaban J connectivity index is 1.87. The van der Waals surface area contributed by atoms with E-state index in [0.29, 0.717) is 0 Å². The van der Waals surface area contributed by atoms with E-state index in [0.717, 1.165) is 12.8 Å². The van der Waals surface area contributed by atoms with E-state index in [2.05, 4.69) is 34.6 Å². The second-order valence-electron chi connectivity index (χ2n) is 7.14. The van der Waals surface area contributed by atoms with Crippen LogP contribution in [0.3, 0.4) is 0 Å². The van der Waals surface area contributed by atoms with Crippen LogP contribution in [-0.4, -0.2) is 28.4 Å². The van der Waals surface area contributed by atoms with Crippen molar-refractivity contribution >= 4 is 7.92 Å². The number of hydrogen-bond donors (Lipinski definition) is 0. The lowest BCUT2D eigenvalue weighted by Gasteiger charge is -2.69. The zero-order chi connectivity index (χ0) is 13.9. The molecule has 4 rings (SSSR count). The summed E-state index contributed by atoms with van der Waals surface area (Å²) >= 11 is 0. The molecule has 4 aliphatic rings. The van der Waals surface area contributed by atoms with E-state index < -0.39 is 11.6 Å². The lowest BCUT2D eigenvalue weighted by molar-refractivity contribution is -0.468. The van der Waals surface area contributed by atoms with Gasteiger partial charge in [0.05, 0.1) is 10.7 Å². The molecule has 0 radical (unpaired) electrons. The summed E-state index contributed by atoms with van der Waals surface area (Å²) in [6.07, 6.45) is 6.91. The van der Waals surface area contributed by atoms with E-state index in [1.165, 1.54) is 25.4 Å². The van der Waals surface area contributed by atoms with Crippen molar-refractivity contribution < 1.29 is 14.2 Å². The van der Waals surface area contributed by atoms with Crippen LogP contribution in [0.5, 0.6) is 0 Å². The van der Waals surface area contributed by atoms with Crippen molar-refractivity contribution in [3.63, 3.8) is 0 Å². The third-order valence-corrected chi connectivity index (χ3v) is 8.27. The average molecular weight is 286 g/mol. The smallest absolute Gasteiger partial charge is 0.173 e. The van der Waals surface area contributed by atoms with Crippen LogP contribution in [0.1, 0.15) is 66.7 Å². The lowest BCUT2D eigenvalue weighted by Crippen LogP contribution is -2.71. The normalized spacial score (nSPS) is 55.7. The van der Waals surface area contributed by atoms with E-state index in [4.69, 9.17) is 14.2 Å². The minimum absolute atomic E-state index is 0.0317. The van der Waals surface area contributed by atoms with Gasteiger partial charge >= 0.3 is 0 Å². The largest absolute Gasteiger partial charge is 0.339 e. The maximum atomic E-state index is 6.40. The fourth-order valence-corrected chi connectivity index (χ4v) is 8.68. The molecule has 4 saturated heterocycles.